The second kappa shape index (κ2) is 14.0. The summed E-state index contributed by atoms with van der Waals surface area (Å²) in [6.07, 6.45) is -11.7. The molecule has 20 heteroatoms. The van der Waals surface area contributed by atoms with Crippen LogP contribution in [0.4, 0.5) is 45.5 Å². The molecule has 1 fully saturated rings. The Morgan fingerprint density at radius 3 is 1.98 bits per heavy atom. The molecule has 3 aromatic rings. The number of imidazole rings is 1. The molecule has 0 aromatic carbocycles. The van der Waals surface area contributed by atoms with Crippen LogP contribution in [0.2, 0.25) is 0 Å². The number of amides is 1. The molecule has 0 spiro atoms. The summed E-state index contributed by atoms with van der Waals surface area (Å²) in [6.45, 7) is 2.32. The molecule has 1 amide bonds. The fraction of sp³-hybridized carbons (Fsp3) is 0.348. The molecule has 236 valence electrons. The summed E-state index contributed by atoms with van der Waals surface area (Å²) >= 11 is 0. The van der Waals surface area contributed by atoms with Gasteiger partial charge in [0.2, 0.25) is 5.95 Å². The van der Waals surface area contributed by atoms with Gasteiger partial charge in [0, 0.05) is 25.5 Å². The van der Waals surface area contributed by atoms with Gasteiger partial charge >= 0.3 is 30.5 Å². The predicted molar refractivity (Wildman–Crippen MR) is 126 cm³/mol. The maximum absolute atomic E-state index is 12.8. The predicted octanol–water partition coefficient (Wildman–Crippen LogP) is 3.78. The number of alkyl halides is 9. The van der Waals surface area contributed by atoms with E-state index in [-0.39, 0.29) is 17.9 Å². The molecule has 0 atom stereocenters. The molecule has 3 aromatic heterocycles. The smallest absolute Gasteiger partial charge is 0.475 e. The minimum Gasteiger partial charge on any atom is -0.475 e. The molecule has 43 heavy (non-hydrogen) atoms. The van der Waals surface area contributed by atoms with E-state index in [1.165, 1.54) is 0 Å². The highest BCUT2D eigenvalue weighted by atomic mass is 19.4. The Labute approximate surface area is 234 Å². The molecule has 11 nitrogen and oxygen atoms in total. The van der Waals surface area contributed by atoms with Crippen LogP contribution < -0.4 is 10.2 Å². The first-order valence-electron chi connectivity index (χ1n) is 11.5. The lowest BCUT2D eigenvalue weighted by Gasteiger charge is -2.27. The second-order valence-corrected chi connectivity index (χ2v) is 8.14. The van der Waals surface area contributed by atoms with Crippen molar-refractivity contribution in [2.75, 3.05) is 31.2 Å². The van der Waals surface area contributed by atoms with Gasteiger partial charge in [-0.15, -0.1) is 0 Å². The SMILES string of the molecule is O=C(NCc1cc(C(F)(F)F)ccn1)c1nc(N2CCOCC2)n2ccccc12.O=C(O)C(F)(F)F.O=C(O)C(F)(F)F. The lowest BCUT2D eigenvalue weighted by atomic mass is 10.2. The number of anilines is 1. The molecule has 0 bridgehead atoms. The van der Waals surface area contributed by atoms with Crippen LogP contribution in [-0.4, -0.2) is 81.1 Å². The molecule has 0 saturated carbocycles. The number of rotatable bonds is 4. The van der Waals surface area contributed by atoms with Crippen LogP contribution in [0.5, 0.6) is 0 Å². The van der Waals surface area contributed by atoms with E-state index in [1.54, 1.807) is 12.1 Å². The number of fused-ring (bicyclic) bond motifs is 1. The first-order chi connectivity index (χ1) is 19.8. The number of hydrogen-bond donors (Lipinski definition) is 3. The highest BCUT2D eigenvalue weighted by Gasteiger charge is 2.39. The van der Waals surface area contributed by atoms with E-state index in [2.05, 4.69) is 15.3 Å². The Balaban J connectivity index is 0.000000384. The van der Waals surface area contributed by atoms with E-state index in [0.29, 0.717) is 37.8 Å². The first-order valence-corrected chi connectivity index (χ1v) is 11.5. The number of halogens is 9. The van der Waals surface area contributed by atoms with Gasteiger partial charge in [-0.2, -0.15) is 39.5 Å². The highest BCUT2D eigenvalue weighted by molar-refractivity contribution is 5.99. The Morgan fingerprint density at radius 2 is 1.47 bits per heavy atom. The molecule has 3 N–H and O–H groups in total. The standard InChI is InChI=1S/C19H18F3N5O2.2C2HF3O2/c20-19(21,22)13-4-5-23-14(11-13)12-24-17(28)16-15-3-1-2-6-27(15)18(25-16)26-7-9-29-10-8-26;2*3-2(4,5)1(6)7/h1-6,11H,7-10,12H2,(H,24,28);2*(H,6,7). The molecule has 0 aliphatic carbocycles. The van der Waals surface area contributed by atoms with Gasteiger partial charge in [-0.3, -0.25) is 14.2 Å². The van der Waals surface area contributed by atoms with Crippen molar-refractivity contribution in [1.29, 1.82) is 0 Å². The second-order valence-electron chi connectivity index (χ2n) is 8.14. The molecular formula is C23H20F9N5O6. The largest absolute Gasteiger partial charge is 0.490 e. The maximum Gasteiger partial charge on any atom is 0.490 e. The molecule has 0 radical (unpaired) electrons. The van der Waals surface area contributed by atoms with Gasteiger partial charge in [0.1, 0.15) is 0 Å². The number of carboxylic acids is 2. The lowest BCUT2D eigenvalue weighted by molar-refractivity contribution is -0.193. The third-order valence-electron chi connectivity index (χ3n) is 5.10. The number of nitrogens with one attached hydrogen (secondary N) is 1. The van der Waals surface area contributed by atoms with Crippen molar-refractivity contribution in [2.24, 2.45) is 0 Å². The molecule has 4 rings (SSSR count). The fourth-order valence-corrected chi connectivity index (χ4v) is 3.18. The number of carbonyl (C=O) groups is 3. The van der Waals surface area contributed by atoms with Crippen molar-refractivity contribution in [2.45, 2.75) is 25.1 Å². The van der Waals surface area contributed by atoms with Crippen LogP contribution in [0, 0.1) is 0 Å². The van der Waals surface area contributed by atoms with Gasteiger partial charge in [-0.05, 0) is 24.3 Å². The summed E-state index contributed by atoms with van der Waals surface area (Å²) in [5.74, 6) is -5.36. The summed E-state index contributed by atoms with van der Waals surface area (Å²) in [5, 5.41) is 16.9. The zero-order valence-corrected chi connectivity index (χ0v) is 21.3. The summed E-state index contributed by atoms with van der Waals surface area (Å²) in [5.41, 5.74) is 0.131. The third-order valence-corrected chi connectivity index (χ3v) is 5.10. The average molecular weight is 633 g/mol. The molecule has 4 heterocycles. The third kappa shape index (κ3) is 10.3. The van der Waals surface area contributed by atoms with Gasteiger partial charge in [0.05, 0.1) is 36.5 Å². The summed E-state index contributed by atoms with van der Waals surface area (Å²) in [6, 6.07) is 7.22. The molecule has 1 aliphatic rings. The monoisotopic (exact) mass is 633 g/mol. The van der Waals surface area contributed by atoms with Crippen molar-refractivity contribution in [3.63, 3.8) is 0 Å². The minimum absolute atomic E-state index is 0.116. The lowest BCUT2D eigenvalue weighted by Crippen LogP contribution is -2.37. The Kier molecular flexibility index (Phi) is 11.3. The highest BCUT2D eigenvalue weighted by Crippen LogP contribution is 2.29. The van der Waals surface area contributed by atoms with Gasteiger partial charge in [-0.1, -0.05) is 6.07 Å². The fourth-order valence-electron chi connectivity index (χ4n) is 3.18. The summed E-state index contributed by atoms with van der Waals surface area (Å²) < 4.78 is 109. The number of hydrogen-bond acceptors (Lipinski definition) is 7. The van der Waals surface area contributed by atoms with Crippen molar-refractivity contribution in [3.05, 3.63) is 59.7 Å². The van der Waals surface area contributed by atoms with Crippen molar-refractivity contribution < 1.29 is 68.8 Å². The number of ether oxygens (including phenoxy) is 1. The number of morpholine rings is 1. The maximum atomic E-state index is 12.8. The van der Waals surface area contributed by atoms with Crippen LogP contribution in [0.3, 0.4) is 0 Å². The van der Waals surface area contributed by atoms with Crippen LogP contribution in [-0.2, 0) is 27.0 Å². The number of carboxylic acid groups (broad SMARTS) is 2. The Bertz CT molecular complexity index is 1390. The van der Waals surface area contributed by atoms with Crippen LogP contribution in [0.25, 0.3) is 5.52 Å². The topological polar surface area (TPSA) is 146 Å². The number of carbonyl (C=O) groups excluding carboxylic acids is 1. The summed E-state index contributed by atoms with van der Waals surface area (Å²) in [7, 11) is 0. The molecule has 1 aliphatic heterocycles. The van der Waals surface area contributed by atoms with E-state index >= 15 is 0 Å². The van der Waals surface area contributed by atoms with Gasteiger partial charge in [0.15, 0.2) is 5.69 Å². The van der Waals surface area contributed by atoms with Crippen LogP contribution in [0.15, 0.2) is 42.7 Å². The van der Waals surface area contributed by atoms with Crippen molar-refractivity contribution in [3.8, 4) is 0 Å². The van der Waals surface area contributed by atoms with Crippen molar-refractivity contribution >= 4 is 29.3 Å². The van der Waals surface area contributed by atoms with Gasteiger partial charge < -0.3 is 25.2 Å². The number of aromatic nitrogens is 3. The first kappa shape index (κ1) is 34.6. The van der Waals surface area contributed by atoms with Crippen LogP contribution in [0.1, 0.15) is 21.7 Å². The zero-order valence-electron chi connectivity index (χ0n) is 21.3. The Hall–Kier alpha value is -4.62. The molecule has 1 saturated heterocycles. The van der Waals surface area contributed by atoms with Crippen molar-refractivity contribution in [1.82, 2.24) is 19.7 Å². The van der Waals surface area contributed by atoms with E-state index in [4.69, 9.17) is 24.5 Å². The van der Waals surface area contributed by atoms with Crippen LogP contribution >= 0.6 is 0 Å². The molecule has 0 unspecified atom stereocenters. The zero-order chi connectivity index (χ0) is 32.6. The minimum atomic E-state index is -5.08. The van der Waals surface area contributed by atoms with Gasteiger partial charge in [-0.25, -0.2) is 14.6 Å². The Morgan fingerprint density at radius 1 is 0.907 bits per heavy atom. The van der Waals surface area contributed by atoms with E-state index in [9.17, 15) is 44.3 Å². The quantitative estimate of drug-likeness (QED) is 0.366. The molecular weight excluding hydrogens is 613 g/mol. The number of pyridine rings is 2. The van der Waals surface area contributed by atoms with Gasteiger partial charge in [0.25, 0.3) is 5.91 Å². The summed E-state index contributed by atoms with van der Waals surface area (Å²) in [4.78, 5) is 41.0. The average Bonchev–Trinajstić information content (AvgIpc) is 3.31. The van der Waals surface area contributed by atoms with E-state index in [1.807, 2.05) is 21.6 Å². The van der Waals surface area contributed by atoms with E-state index in [0.717, 1.165) is 18.3 Å². The normalized spacial score (nSPS) is 13.7. The number of nitrogens with zero attached hydrogens (tertiary/aromatic N) is 4. The van der Waals surface area contributed by atoms with E-state index < -0.39 is 41.9 Å². The number of aliphatic carboxylic acids is 2.